The molecule has 2 saturated heterocycles. The Morgan fingerprint density at radius 1 is 1.44 bits per heavy atom. The fourth-order valence-corrected chi connectivity index (χ4v) is 3.94. The van der Waals surface area contributed by atoms with Gasteiger partial charge in [0.05, 0.1) is 6.04 Å². The number of carbonyl (C=O) groups excluding carboxylic acids is 1. The molecule has 0 N–H and O–H groups in total. The van der Waals surface area contributed by atoms with E-state index in [9.17, 15) is 4.79 Å². The summed E-state index contributed by atoms with van der Waals surface area (Å²) in [6, 6.07) is 0.923. The second-order valence-electron chi connectivity index (χ2n) is 5.29. The highest BCUT2D eigenvalue weighted by Crippen LogP contribution is 2.51. The minimum absolute atomic E-state index is 0.146. The number of piperidine rings is 1. The standard InChI is InChI=1S/C13H15NO2/c15-12-7-9-4-5-10-8-13(9,16-12)11-3-1-2-6-14(10)11/h4-5,7,10-11H,1-3,6,8H2/t10-,11-,13-/m1/s1. The van der Waals surface area contributed by atoms with Crippen molar-refractivity contribution in [3.05, 3.63) is 23.8 Å². The van der Waals surface area contributed by atoms with Gasteiger partial charge in [-0.2, -0.15) is 0 Å². The monoisotopic (exact) mass is 217 g/mol. The highest BCUT2D eigenvalue weighted by atomic mass is 16.6. The van der Waals surface area contributed by atoms with E-state index in [0.29, 0.717) is 12.1 Å². The van der Waals surface area contributed by atoms with Crippen LogP contribution < -0.4 is 0 Å². The molecular formula is C13H15NO2. The first-order valence-corrected chi connectivity index (χ1v) is 6.19. The van der Waals surface area contributed by atoms with Gasteiger partial charge >= 0.3 is 5.97 Å². The van der Waals surface area contributed by atoms with Crippen molar-refractivity contribution in [2.24, 2.45) is 0 Å². The molecule has 84 valence electrons. The number of esters is 1. The predicted molar refractivity (Wildman–Crippen MR) is 58.8 cm³/mol. The van der Waals surface area contributed by atoms with Gasteiger partial charge in [-0.15, -0.1) is 0 Å². The van der Waals surface area contributed by atoms with E-state index in [1.807, 2.05) is 0 Å². The SMILES string of the molecule is O=C1C=C2C=C[C@@H]3C[C@]2(O1)[C@H]1CCCCN31. The van der Waals surface area contributed by atoms with Crippen molar-refractivity contribution in [3.8, 4) is 0 Å². The number of carbonyl (C=O) groups is 1. The molecule has 0 radical (unpaired) electrons. The van der Waals surface area contributed by atoms with E-state index in [1.54, 1.807) is 6.08 Å². The fraction of sp³-hybridized carbons (Fsp3) is 0.615. The smallest absolute Gasteiger partial charge is 0.332 e. The van der Waals surface area contributed by atoms with Gasteiger partial charge in [-0.3, -0.25) is 4.90 Å². The van der Waals surface area contributed by atoms with Crippen LogP contribution in [-0.4, -0.2) is 35.1 Å². The molecule has 3 atom stereocenters. The highest BCUT2D eigenvalue weighted by molar-refractivity contribution is 5.88. The van der Waals surface area contributed by atoms with Crippen molar-refractivity contribution in [2.75, 3.05) is 6.54 Å². The van der Waals surface area contributed by atoms with Crippen LogP contribution in [-0.2, 0) is 9.53 Å². The van der Waals surface area contributed by atoms with Gasteiger partial charge in [0.25, 0.3) is 0 Å². The van der Waals surface area contributed by atoms with Gasteiger partial charge in [0.15, 0.2) is 5.60 Å². The van der Waals surface area contributed by atoms with Gasteiger partial charge in [-0.25, -0.2) is 4.79 Å². The van der Waals surface area contributed by atoms with Crippen LogP contribution in [0.15, 0.2) is 23.8 Å². The van der Waals surface area contributed by atoms with E-state index < -0.39 is 0 Å². The van der Waals surface area contributed by atoms with Crippen molar-refractivity contribution >= 4 is 5.97 Å². The first-order valence-electron chi connectivity index (χ1n) is 6.19. The van der Waals surface area contributed by atoms with E-state index in [2.05, 4.69) is 17.1 Å². The summed E-state index contributed by atoms with van der Waals surface area (Å²) in [6.45, 7) is 1.16. The van der Waals surface area contributed by atoms with Crippen molar-refractivity contribution in [1.29, 1.82) is 0 Å². The quantitative estimate of drug-likeness (QED) is 0.574. The molecule has 1 spiro atoms. The van der Waals surface area contributed by atoms with Crippen LogP contribution in [0.2, 0.25) is 0 Å². The second-order valence-corrected chi connectivity index (χ2v) is 5.29. The summed E-state index contributed by atoms with van der Waals surface area (Å²) in [5.74, 6) is -0.146. The average molecular weight is 217 g/mol. The molecule has 0 aromatic rings. The molecule has 3 heterocycles. The molecule has 4 aliphatic rings. The summed E-state index contributed by atoms with van der Waals surface area (Å²) in [7, 11) is 0. The molecule has 0 aromatic carbocycles. The van der Waals surface area contributed by atoms with E-state index in [-0.39, 0.29) is 11.6 Å². The van der Waals surface area contributed by atoms with Gasteiger partial charge in [0.2, 0.25) is 0 Å². The number of hydrogen-bond acceptors (Lipinski definition) is 3. The average Bonchev–Trinajstić information content (AvgIpc) is 2.76. The summed E-state index contributed by atoms with van der Waals surface area (Å²) < 4.78 is 5.69. The van der Waals surface area contributed by atoms with Gasteiger partial charge in [0, 0.05) is 24.1 Å². The van der Waals surface area contributed by atoms with Crippen LogP contribution in [0.3, 0.4) is 0 Å². The molecule has 2 fully saturated rings. The Balaban J connectivity index is 1.84. The number of rotatable bonds is 0. The molecular weight excluding hydrogens is 202 g/mol. The maximum atomic E-state index is 11.5. The largest absolute Gasteiger partial charge is 0.449 e. The van der Waals surface area contributed by atoms with Crippen molar-refractivity contribution in [2.45, 2.75) is 43.4 Å². The Bertz CT molecular complexity index is 426. The van der Waals surface area contributed by atoms with Crippen LogP contribution in [0.25, 0.3) is 0 Å². The zero-order valence-corrected chi connectivity index (χ0v) is 9.19. The minimum Gasteiger partial charge on any atom is -0.449 e. The Labute approximate surface area is 94.8 Å². The lowest BCUT2D eigenvalue weighted by molar-refractivity contribution is -0.148. The van der Waals surface area contributed by atoms with E-state index in [0.717, 1.165) is 18.5 Å². The molecule has 0 saturated carbocycles. The zero-order chi connectivity index (χ0) is 10.8. The number of nitrogens with zero attached hydrogens (tertiary/aromatic N) is 1. The topological polar surface area (TPSA) is 29.5 Å². The Morgan fingerprint density at radius 2 is 2.38 bits per heavy atom. The maximum absolute atomic E-state index is 11.5. The maximum Gasteiger partial charge on any atom is 0.332 e. The lowest BCUT2D eigenvalue weighted by Gasteiger charge is -2.37. The zero-order valence-electron chi connectivity index (χ0n) is 9.19. The van der Waals surface area contributed by atoms with Crippen LogP contribution in [0.5, 0.6) is 0 Å². The molecule has 0 unspecified atom stereocenters. The molecule has 2 bridgehead atoms. The number of ether oxygens (including phenoxy) is 1. The van der Waals surface area contributed by atoms with Gasteiger partial charge in [0.1, 0.15) is 0 Å². The summed E-state index contributed by atoms with van der Waals surface area (Å²) in [6.07, 6.45) is 10.7. The van der Waals surface area contributed by atoms with Crippen LogP contribution in [0.4, 0.5) is 0 Å². The van der Waals surface area contributed by atoms with Gasteiger partial charge < -0.3 is 4.74 Å². The molecule has 1 aliphatic carbocycles. The fourth-order valence-electron chi connectivity index (χ4n) is 3.94. The first-order chi connectivity index (χ1) is 7.79. The summed E-state index contributed by atoms with van der Waals surface area (Å²) in [5.41, 5.74) is 0.833. The lowest BCUT2D eigenvalue weighted by atomic mass is 9.80. The Kier molecular flexibility index (Phi) is 1.56. The van der Waals surface area contributed by atoms with Crippen LogP contribution >= 0.6 is 0 Å². The lowest BCUT2D eigenvalue weighted by Crippen LogP contribution is -2.48. The van der Waals surface area contributed by atoms with Crippen molar-refractivity contribution < 1.29 is 9.53 Å². The molecule has 3 nitrogen and oxygen atoms in total. The molecule has 0 aromatic heterocycles. The minimum atomic E-state index is -0.281. The van der Waals surface area contributed by atoms with Crippen molar-refractivity contribution in [3.63, 3.8) is 0 Å². The van der Waals surface area contributed by atoms with Gasteiger partial charge in [-0.1, -0.05) is 18.6 Å². The second kappa shape index (κ2) is 2.77. The van der Waals surface area contributed by atoms with Crippen LogP contribution in [0.1, 0.15) is 25.7 Å². The molecule has 16 heavy (non-hydrogen) atoms. The summed E-state index contributed by atoms with van der Waals surface area (Å²) in [5, 5.41) is 0. The van der Waals surface area contributed by atoms with E-state index in [4.69, 9.17) is 4.74 Å². The third-order valence-corrected chi connectivity index (χ3v) is 4.56. The highest BCUT2D eigenvalue weighted by Gasteiger charge is 2.59. The van der Waals surface area contributed by atoms with E-state index >= 15 is 0 Å². The van der Waals surface area contributed by atoms with Crippen LogP contribution in [0, 0.1) is 0 Å². The van der Waals surface area contributed by atoms with Crippen molar-refractivity contribution in [1.82, 2.24) is 4.90 Å². The number of hydrogen-bond donors (Lipinski definition) is 0. The molecule has 3 heteroatoms. The third-order valence-electron chi connectivity index (χ3n) is 4.56. The summed E-state index contributed by atoms with van der Waals surface area (Å²) >= 11 is 0. The number of fused-ring (bicyclic) bond motifs is 3. The van der Waals surface area contributed by atoms with E-state index in [1.165, 1.54) is 19.3 Å². The molecule has 0 amide bonds. The Hall–Kier alpha value is -1.09. The normalized spacial score (nSPS) is 45.0. The molecule has 3 aliphatic heterocycles. The Morgan fingerprint density at radius 3 is 3.31 bits per heavy atom. The third kappa shape index (κ3) is 0.908. The summed E-state index contributed by atoms with van der Waals surface area (Å²) in [4.78, 5) is 14.1. The molecule has 4 rings (SSSR count). The predicted octanol–water partition coefficient (Wildman–Crippen LogP) is 1.41. The van der Waals surface area contributed by atoms with Gasteiger partial charge in [-0.05, 0) is 19.4 Å². The first kappa shape index (κ1) is 8.99.